The summed E-state index contributed by atoms with van der Waals surface area (Å²) < 4.78 is 5.45. The van der Waals surface area contributed by atoms with Crippen molar-refractivity contribution in [2.45, 2.75) is 44.8 Å². The lowest BCUT2D eigenvalue weighted by Gasteiger charge is -2.60. The molecule has 5 fully saturated rings. The molecule has 0 N–H and O–H groups in total. The monoisotopic (exact) mass is 340 g/mol. The van der Waals surface area contributed by atoms with E-state index in [9.17, 15) is 9.59 Å². The van der Waals surface area contributed by atoms with Gasteiger partial charge in [-0.1, -0.05) is 30.3 Å². The van der Waals surface area contributed by atoms with Gasteiger partial charge in [0.1, 0.15) is 13.2 Å². The van der Waals surface area contributed by atoms with E-state index in [1.165, 1.54) is 37.1 Å². The highest BCUT2D eigenvalue weighted by Gasteiger charge is 2.55. The maximum atomic E-state index is 12.5. The number of nitrogens with zero attached hydrogens (tertiary/aromatic N) is 2. The highest BCUT2D eigenvalue weighted by Crippen LogP contribution is 2.55. The molecule has 0 atom stereocenters. The zero-order chi connectivity index (χ0) is 17.0. The Hall–Kier alpha value is -2.04. The smallest absolute Gasteiger partial charge is 0.429 e. The molecule has 25 heavy (non-hydrogen) atoms. The maximum absolute atomic E-state index is 12.5. The lowest BCUT2D eigenvalue weighted by atomic mass is 9.54. The van der Waals surface area contributed by atoms with Crippen molar-refractivity contribution in [3.8, 4) is 0 Å². The Morgan fingerprint density at radius 3 is 2.24 bits per heavy atom. The molecule has 4 saturated carbocycles. The minimum Gasteiger partial charge on any atom is -0.443 e. The Balaban J connectivity index is 1.27. The average molecular weight is 340 g/mol. The predicted molar refractivity (Wildman–Crippen MR) is 91.0 cm³/mol. The van der Waals surface area contributed by atoms with Crippen LogP contribution >= 0.6 is 0 Å². The summed E-state index contributed by atoms with van der Waals surface area (Å²) in [6.45, 7) is 0.413. The number of rotatable bonds is 3. The van der Waals surface area contributed by atoms with Crippen molar-refractivity contribution in [3.05, 3.63) is 35.9 Å². The first-order valence-corrected chi connectivity index (χ1v) is 9.49. The quantitative estimate of drug-likeness (QED) is 0.849. The van der Waals surface area contributed by atoms with E-state index in [0.717, 1.165) is 17.4 Å². The summed E-state index contributed by atoms with van der Waals surface area (Å²) in [7, 11) is 0. The zero-order valence-corrected chi connectivity index (χ0v) is 14.3. The molecule has 1 aromatic rings. The summed E-state index contributed by atoms with van der Waals surface area (Å²) in [5.41, 5.74) is 0.962. The molecule has 1 aromatic carbocycles. The molecular weight excluding hydrogens is 316 g/mol. The molecule has 0 unspecified atom stereocenters. The van der Waals surface area contributed by atoms with E-state index in [2.05, 4.69) is 0 Å². The molecule has 132 valence electrons. The largest absolute Gasteiger partial charge is 0.443 e. The van der Waals surface area contributed by atoms with Crippen molar-refractivity contribution in [2.24, 2.45) is 23.7 Å². The first-order chi connectivity index (χ1) is 12.2. The van der Waals surface area contributed by atoms with E-state index in [4.69, 9.17) is 4.74 Å². The van der Waals surface area contributed by atoms with Gasteiger partial charge in [-0.3, -0.25) is 4.79 Å². The van der Waals surface area contributed by atoms with Gasteiger partial charge in [0.25, 0.3) is 5.91 Å². The fourth-order valence-corrected chi connectivity index (χ4v) is 5.90. The fraction of sp³-hybridized carbons (Fsp3) is 0.600. The third-order valence-electron chi connectivity index (χ3n) is 6.68. The lowest BCUT2D eigenvalue weighted by Crippen LogP contribution is -2.71. The molecule has 4 bridgehead atoms. The van der Waals surface area contributed by atoms with Gasteiger partial charge in [0, 0.05) is 0 Å². The minimum atomic E-state index is -0.391. The molecule has 1 aliphatic heterocycles. The second-order valence-electron chi connectivity index (χ2n) is 8.26. The van der Waals surface area contributed by atoms with Gasteiger partial charge in [0.15, 0.2) is 0 Å². The Bertz CT molecular complexity index is 661. The van der Waals surface area contributed by atoms with Gasteiger partial charge in [-0.2, -0.15) is 0 Å². The van der Waals surface area contributed by atoms with Crippen LogP contribution in [0.4, 0.5) is 4.79 Å². The first kappa shape index (κ1) is 15.2. The van der Waals surface area contributed by atoms with E-state index in [-0.39, 0.29) is 25.1 Å². The molecule has 0 radical (unpaired) electrons. The Labute approximate surface area is 147 Å². The topological polar surface area (TPSA) is 49.9 Å². The summed E-state index contributed by atoms with van der Waals surface area (Å²) in [5, 5.41) is 3.29. The highest BCUT2D eigenvalue weighted by atomic mass is 16.6. The number of ether oxygens (including phenoxy) is 1. The number of hydrazine groups is 1. The van der Waals surface area contributed by atoms with Crippen LogP contribution in [-0.2, 0) is 16.1 Å². The molecule has 1 saturated heterocycles. The normalized spacial score (nSPS) is 35.7. The summed E-state index contributed by atoms with van der Waals surface area (Å²) >= 11 is 0. The number of amides is 2. The van der Waals surface area contributed by atoms with Gasteiger partial charge < -0.3 is 4.74 Å². The summed E-state index contributed by atoms with van der Waals surface area (Å²) in [6.07, 6.45) is 5.92. The molecule has 6 rings (SSSR count). The molecule has 5 heteroatoms. The number of carbonyl (C=O) groups excluding carboxylic acids is 2. The molecular formula is C20H24N2O3. The number of benzene rings is 1. The Morgan fingerprint density at radius 1 is 1.00 bits per heavy atom. The van der Waals surface area contributed by atoms with Crippen molar-refractivity contribution in [1.29, 1.82) is 0 Å². The second-order valence-corrected chi connectivity index (χ2v) is 8.26. The van der Waals surface area contributed by atoms with Crippen LogP contribution in [0.1, 0.15) is 37.7 Å². The number of hydrogen-bond acceptors (Lipinski definition) is 3. The van der Waals surface area contributed by atoms with Gasteiger partial charge in [0.05, 0.1) is 6.04 Å². The van der Waals surface area contributed by atoms with E-state index in [0.29, 0.717) is 11.8 Å². The Morgan fingerprint density at radius 2 is 1.64 bits per heavy atom. The standard InChI is InChI=1S/C20H24N2O3/c23-18-11-21(20(24)25-12-13-4-2-1-3-5-13)22(18)19-16-7-14-6-15(9-16)10-17(19)8-14/h1-5,14-17,19H,6-12H2. The van der Waals surface area contributed by atoms with E-state index in [1.54, 1.807) is 5.01 Å². The van der Waals surface area contributed by atoms with Gasteiger partial charge >= 0.3 is 6.09 Å². The molecule has 2 amide bonds. The van der Waals surface area contributed by atoms with Crippen LogP contribution in [-0.4, -0.2) is 34.6 Å². The zero-order valence-electron chi connectivity index (χ0n) is 14.3. The van der Waals surface area contributed by atoms with Crippen LogP contribution in [0, 0.1) is 23.7 Å². The van der Waals surface area contributed by atoms with E-state index < -0.39 is 6.09 Å². The molecule has 5 nitrogen and oxygen atoms in total. The van der Waals surface area contributed by atoms with Crippen molar-refractivity contribution in [3.63, 3.8) is 0 Å². The number of hydrogen-bond donors (Lipinski definition) is 0. The van der Waals surface area contributed by atoms with Crippen LogP contribution < -0.4 is 0 Å². The highest BCUT2D eigenvalue weighted by molar-refractivity contribution is 5.90. The van der Waals surface area contributed by atoms with Crippen LogP contribution in [0.3, 0.4) is 0 Å². The second kappa shape index (κ2) is 5.75. The molecule has 5 aliphatic rings. The minimum absolute atomic E-state index is 0.0779. The molecule has 4 aliphatic carbocycles. The molecule has 1 heterocycles. The van der Waals surface area contributed by atoms with Crippen molar-refractivity contribution in [1.82, 2.24) is 10.0 Å². The third kappa shape index (κ3) is 2.52. The number of carbonyl (C=O) groups is 2. The van der Waals surface area contributed by atoms with Crippen LogP contribution in [0.5, 0.6) is 0 Å². The summed E-state index contributed by atoms with van der Waals surface area (Å²) in [5.74, 6) is 2.94. The average Bonchev–Trinajstić information content (AvgIpc) is 2.61. The Kier molecular flexibility index (Phi) is 3.50. The predicted octanol–water partition coefficient (Wildman–Crippen LogP) is 3.21. The van der Waals surface area contributed by atoms with E-state index in [1.807, 2.05) is 30.3 Å². The van der Waals surface area contributed by atoms with Gasteiger partial charge in [-0.05, 0) is 61.3 Å². The molecule has 0 spiro atoms. The maximum Gasteiger partial charge on any atom is 0.429 e. The fourth-order valence-electron chi connectivity index (χ4n) is 5.90. The van der Waals surface area contributed by atoms with Gasteiger partial charge in [-0.25, -0.2) is 14.8 Å². The first-order valence-electron chi connectivity index (χ1n) is 9.49. The summed E-state index contributed by atoms with van der Waals surface area (Å²) in [6, 6.07) is 9.88. The van der Waals surface area contributed by atoms with Crippen molar-refractivity contribution >= 4 is 12.0 Å². The third-order valence-corrected chi connectivity index (χ3v) is 6.68. The van der Waals surface area contributed by atoms with Gasteiger partial charge in [0.2, 0.25) is 0 Å². The van der Waals surface area contributed by atoms with Crippen LogP contribution in [0.25, 0.3) is 0 Å². The van der Waals surface area contributed by atoms with Crippen LogP contribution in [0.15, 0.2) is 30.3 Å². The van der Waals surface area contributed by atoms with Crippen molar-refractivity contribution < 1.29 is 14.3 Å². The van der Waals surface area contributed by atoms with Crippen LogP contribution in [0.2, 0.25) is 0 Å². The van der Waals surface area contributed by atoms with Crippen molar-refractivity contribution in [2.75, 3.05) is 6.54 Å². The summed E-state index contributed by atoms with van der Waals surface area (Å²) in [4.78, 5) is 24.8. The SMILES string of the molecule is O=C(OCc1ccccc1)N1CC(=O)N1C1C2CC3CC(C2)CC1C3. The van der Waals surface area contributed by atoms with Gasteiger partial charge in [-0.15, -0.1) is 0 Å². The lowest BCUT2D eigenvalue weighted by molar-refractivity contribution is -0.201. The van der Waals surface area contributed by atoms with E-state index >= 15 is 0 Å². The molecule has 0 aromatic heterocycles.